The zero-order valence-electron chi connectivity index (χ0n) is 7.72. The Balaban J connectivity index is 2.21. The van der Waals surface area contributed by atoms with Gasteiger partial charge in [0.25, 0.3) is 0 Å². The quantitative estimate of drug-likeness (QED) is 0.702. The summed E-state index contributed by atoms with van der Waals surface area (Å²) in [6, 6.07) is -0.264. The highest BCUT2D eigenvalue weighted by atomic mass is 35.5. The third-order valence-corrected chi connectivity index (χ3v) is 3.33. The lowest BCUT2D eigenvalue weighted by Gasteiger charge is -2.22. The van der Waals surface area contributed by atoms with Gasteiger partial charge in [-0.2, -0.15) is 11.8 Å². The molecule has 1 aliphatic heterocycles. The van der Waals surface area contributed by atoms with E-state index in [-0.39, 0.29) is 11.9 Å². The minimum Gasteiger partial charge on any atom is -0.334 e. The third-order valence-electron chi connectivity index (χ3n) is 1.87. The molecule has 1 aliphatic rings. The molecule has 0 aliphatic carbocycles. The highest BCUT2D eigenvalue weighted by Gasteiger charge is 2.16. The second kappa shape index (κ2) is 6.14. The van der Waals surface area contributed by atoms with Crippen molar-refractivity contribution < 1.29 is 9.59 Å². The highest BCUT2D eigenvalue weighted by molar-refractivity contribution is 7.99. The van der Waals surface area contributed by atoms with Crippen molar-refractivity contribution >= 4 is 35.3 Å². The molecule has 0 spiro atoms. The first kappa shape index (κ1) is 11.7. The second-order valence-electron chi connectivity index (χ2n) is 3.07. The number of nitrogens with one attached hydrogen (secondary N) is 2. The Morgan fingerprint density at radius 1 is 1.50 bits per heavy atom. The van der Waals surface area contributed by atoms with E-state index in [0.717, 1.165) is 24.3 Å². The lowest BCUT2D eigenvalue weighted by atomic mass is 10.2. The maximum atomic E-state index is 11.2. The van der Waals surface area contributed by atoms with Crippen molar-refractivity contribution in [3.63, 3.8) is 0 Å². The number of carbonyl (C=O) groups excluding carboxylic acids is 2. The van der Waals surface area contributed by atoms with Crippen molar-refractivity contribution in [1.29, 1.82) is 0 Å². The van der Waals surface area contributed by atoms with Crippen molar-refractivity contribution in [3.05, 3.63) is 0 Å². The van der Waals surface area contributed by atoms with E-state index in [2.05, 4.69) is 10.6 Å². The molecule has 3 amide bonds. The third kappa shape index (κ3) is 4.19. The van der Waals surface area contributed by atoms with Crippen LogP contribution in [0.3, 0.4) is 0 Å². The van der Waals surface area contributed by atoms with Crippen LogP contribution in [0, 0.1) is 0 Å². The van der Waals surface area contributed by atoms with E-state index in [4.69, 9.17) is 11.6 Å². The Labute approximate surface area is 92.1 Å². The van der Waals surface area contributed by atoms with E-state index in [1.54, 1.807) is 0 Å². The van der Waals surface area contributed by atoms with Gasteiger partial charge in [-0.15, -0.1) is 11.6 Å². The van der Waals surface area contributed by atoms with Gasteiger partial charge in [0.1, 0.15) is 5.88 Å². The van der Waals surface area contributed by atoms with Crippen LogP contribution < -0.4 is 10.6 Å². The number of imide groups is 1. The molecule has 1 saturated heterocycles. The van der Waals surface area contributed by atoms with Gasteiger partial charge in [-0.25, -0.2) is 4.79 Å². The average Bonchev–Trinajstić information content (AvgIpc) is 2.19. The first-order valence-electron chi connectivity index (χ1n) is 4.46. The zero-order valence-corrected chi connectivity index (χ0v) is 9.29. The first-order chi connectivity index (χ1) is 6.72. The van der Waals surface area contributed by atoms with Gasteiger partial charge in [0.05, 0.1) is 0 Å². The van der Waals surface area contributed by atoms with Crippen LogP contribution in [-0.4, -0.2) is 35.4 Å². The summed E-state index contributed by atoms with van der Waals surface area (Å²) in [6.45, 7) is 0. The number of rotatable bonds is 2. The van der Waals surface area contributed by atoms with Crippen LogP contribution in [0.15, 0.2) is 0 Å². The molecule has 4 nitrogen and oxygen atoms in total. The van der Waals surface area contributed by atoms with E-state index in [1.165, 1.54) is 0 Å². The number of thioether (sulfide) groups is 1. The summed E-state index contributed by atoms with van der Waals surface area (Å²) >= 11 is 7.06. The Morgan fingerprint density at radius 2 is 2.29 bits per heavy atom. The summed E-state index contributed by atoms with van der Waals surface area (Å²) in [6.07, 6.45) is 2.09. The molecule has 0 radical (unpaired) electrons. The van der Waals surface area contributed by atoms with Crippen molar-refractivity contribution in [1.82, 2.24) is 10.6 Å². The number of hydrogen-bond donors (Lipinski definition) is 2. The summed E-state index contributed by atoms with van der Waals surface area (Å²) < 4.78 is 0. The first-order valence-corrected chi connectivity index (χ1v) is 6.15. The lowest BCUT2D eigenvalue weighted by Crippen LogP contribution is -2.46. The van der Waals surface area contributed by atoms with Crippen LogP contribution in [-0.2, 0) is 4.79 Å². The number of hydrogen-bond acceptors (Lipinski definition) is 3. The molecule has 0 bridgehead atoms. The maximum Gasteiger partial charge on any atom is 0.321 e. The number of halogens is 1. The van der Waals surface area contributed by atoms with E-state index < -0.39 is 11.9 Å². The molecule has 6 heteroatoms. The van der Waals surface area contributed by atoms with E-state index in [1.807, 2.05) is 11.8 Å². The maximum absolute atomic E-state index is 11.2. The predicted molar refractivity (Wildman–Crippen MR) is 57.7 cm³/mol. The molecule has 14 heavy (non-hydrogen) atoms. The fourth-order valence-electron chi connectivity index (χ4n) is 1.24. The topological polar surface area (TPSA) is 58.2 Å². The van der Waals surface area contributed by atoms with Crippen LogP contribution in [0.1, 0.15) is 12.8 Å². The van der Waals surface area contributed by atoms with Gasteiger partial charge in [-0.3, -0.25) is 10.1 Å². The molecule has 0 aromatic heterocycles. The Kier molecular flexibility index (Phi) is 5.11. The molecule has 1 rings (SSSR count). The molecule has 1 unspecified atom stereocenters. The van der Waals surface area contributed by atoms with Crippen LogP contribution in [0.2, 0.25) is 0 Å². The van der Waals surface area contributed by atoms with Gasteiger partial charge in [0.15, 0.2) is 0 Å². The van der Waals surface area contributed by atoms with Crippen LogP contribution in [0.5, 0.6) is 0 Å². The largest absolute Gasteiger partial charge is 0.334 e. The fourth-order valence-corrected chi connectivity index (χ4v) is 2.37. The van der Waals surface area contributed by atoms with Crippen LogP contribution >= 0.6 is 23.4 Å². The molecule has 2 N–H and O–H groups in total. The summed E-state index contributed by atoms with van der Waals surface area (Å²) in [4.78, 5) is 21.9. The number of carbonyl (C=O) groups is 2. The van der Waals surface area contributed by atoms with Gasteiger partial charge in [0, 0.05) is 11.8 Å². The fraction of sp³-hybridized carbons (Fsp3) is 0.750. The van der Waals surface area contributed by atoms with Crippen LogP contribution in [0.4, 0.5) is 4.79 Å². The normalized spacial score (nSPS) is 21.4. The van der Waals surface area contributed by atoms with Crippen molar-refractivity contribution in [2.75, 3.05) is 17.4 Å². The molecule has 0 saturated carbocycles. The summed E-state index contributed by atoms with van der Waals surface area (Å²) in [5.41, 5.74) is 0. The number of alkyl halides is 1. The molecule has 1 atom stereocenters. The Morgan fingerprint density at radius 3 is 2.86 bits per heavy atom. The average molecular weight is 237 g/mol. The molecular formula is C8H13ClN2O2S. The monoisotopic (exact) mass is 236 g/mol. The van der Waals surface area contributed by atoms with Gasteiger partial charge in [-0.05, 0) is 18.6 Å². The Bertz CT molecular complexity index is 219. The van der Waals surface area contributed by atoms with Gasteiger partial charge in [0.2, 0.25) is 5.91 Å². The molecule has 0 aromatic carbocycles. The van der Waals surface area contributed by atoms with E-state index in [0.29, 0.717) is 0 Å². The minimum atomic E-state index is -0.465. The van der Waals surface area contributed by atoms with E-state index in [9.17, 15) is 9.59 Å². The molecule has 1 heterocycles. The van der Waals surface area contributed by atoms with Crippen molar-refractivity contribution in [2.24, 2.45) is 0 Å². The molecular weight excluding hydrogens is 224 g/mol. The zero-order chi connectivity index (χ0) is 10.4. The highest BCUT2D eigenvalue weighted by Crippen LogP contribution is 2.16. The predicted octanol–water partition coefficient (Wildman–Crippen LogP) is 0.947. The van der Waals surface area contributed by atoms with E-state index >= 15 is 0 Å². The number of amides is 3. The van der Waals surface area contributed by atoms with Crippen molar-refractivity contribution in [2.45, 2.75) is 18.9 Å². The smallest absolute Gasteiger partial charge is 0.321 e. The molecule has 0 aromatic rings. The molecule has 80 valence electrons. The van der Waals surface area contributed by atoms with Crippen molar-refractivity contribution in [3.8, 4) is 0 Å². The Hall–Kier alpha value is -0.420. The SMILES string of the molecule is O=C(CCl)NC(=O)NC1CCCSC1. The standard InChI is InChI=1S/C8H13ClN2O2S/c9-4-7(12)11-8(13)10-6-2-1-3-14-5-6/h6H,1-5H2,(H2,10,11,12,13). The molecule has 1 fully saturated rings. The second-order valence-corrected chi connectivity index (χ2v) is 4.49. The summed E-state index contributed by atoms with van der Waals surface area (Å²) in [7, 11) is 0. The van der Waals surface area contributed by atoms with Gasteiger partial charge >= 0.3 is 6.03 Å². The minimum absolute atomic E-state index is 0.178. The number of urea groups is 1. The summed E-state index contributed by atoms with van der Waals surface area (Å²) in [5.74, 6) is 1.42. The summed E-state index contributed by atoms with van der Waals surface area (Å²) in [5, 5.41) is 4.88. The lowest BCUT2D eigenvalue weighted by molar-refractivity contribution is -0.117. The van der Waals surface area contributed by atoms with Crippen LogP contribution in [0.25, 0.3) is 0 Å². The van der Waals surface area contributed by atoms with Gasteiger partial charge < -0.3 is 5.32 Å². The van der Waals surface area contributed by atoms with Gasteiger partial charge in [-0.1, -0.05) is 0 Å².